The smallest absolute Gasteiger partial charge is 0.343 e. The molecule has 0 saturated carbocycles. The number of benzene rings is 3. The average Bonchev–Trinajstić information content (AvgIpc) is 3.33. The summed E-state index contributed by atoms with van der Waals surface area (Å²) in [7, 11) is 0. The Kier molecular flexibility index (Phi) is 6.63. The van der Waals surface area contributed by atoms with Gasteiger partial charge in [0.1, 0.15) is 5.82 Å². The molecule has 1 aromatic heterocycles. The van der Waals surface area contributed by atoms with E-state index in [4.69, 9.17) is 14.2 Å². The summed E-state index contributed by atoms with van der Waals surface area (Å²) in [5.41, 5.74) is 1.10. The molecule has 3 aromatic carbocycles. The first-order chi connectivity index (χ1) is 17.3. The van der Waals surface area contributed by atoms with Crippen LogP contribution in [0, 0.1) is 0 Å². The number of hydrogen-bond donors (Lipinski definition) is 0. The largest absolute Gasteiger partial charge is 0.454 e. The number of ether oxygens (including phenoxy) is 3. The van der Waals surface area contributed by atoms with Crippen molar-refractivity contribution in [3.05, 3.63) is 90.8 Å². The number of carbonyl (C=O) groups excluding carboxylic acids is 1. The van der Waals surface area contributed by atoms with Crippen LogP contribution in [0.15, 0.2) is 73.4 Å². The molecule has 182 valence electrons. The molecular formula is C26H19Br2N3O5. The van der Waals surface area contributed by atoms with E-state index in [0.717, 1.165) is 4.47 Å². The molecule has 1 aliphatic rings. The van der Waals surface area contributed by atoms with Gasteiger partial charge in [-0.2, -0.15) is 9.78 Å². The number of nitrogens with zero attached hydrogens (tertiary/aromatic N) is 3. The average molecular weight is 613 g/mol. The minimum atomic E-state index is -0.585. The fourth-order valence-electron chi connectivity index (χ4n) is 3.71. The van der Waals surface area contributed by atoms with Crippen molar-refractivity contribution < 1.29 is 19.0 Å². The number of para-hydroxylation sites is 1. The van der Waals surface area contributed by atoms with Gasteiger partial charge >= 0.3 is 5.97 Å². The highest BCUT2D eigenvalue weighted by molar-refractivity contribution is 9.11. The maximum atomic E-state index is 13.2. The van der Waals surface area contributed by atoms with Crippen LogP contribution in [0.1, 0.15) is 41.5 Å². The predicted molar refractivity (Wildman–Crippen MR) is 142 cm³/mol. The lowest BCUT2D eigenvalue weighted by Crippen LogP contribution is -2.23. The van der Waals surface area contributed by atoms with Gasteiger partial charge in [-0.1, -0.05) is 41.9 Å². The lowest BCUT2D eigenvalue weighted by molar-refractivity contribution is 0.0733. The molecular weight excluding hydrogens is 594 g/mol. The molecule has 0 bridgehead atoms. The van der Waals surface area contributed by atoms with Gasteiger partial charge in [-0.05, 0) is 58.4 Å². The van der Waals surface area contributed by atoms with Gasteiger partial charge in [-0.15, -0.1) is 0 Å². The fraction of sp³-hybridized carbons (Fsp3) is 0.154. The van der Waals surface area contributed by atoms with Crippen LogP contribution < -0.4 is 19.8 Å². The molecule has 5 rings (SSSR count). The van der Waals surface area contributed by atoms with Gasteiger partial charge in [0.25, 0.3) is 5.56 Å². The third-order valence-electron chi connectivity index (χ3n) is 5.45. The summed E-state index contributed by atoms with van der Waals surface area (Å²) >= 11 is 6.92. The Bertz CT molecular complexity index is 1600. The van der Waals surface area contributed by atoms with Gasteiger partial charge in [0.15, 0.2) is 17.2 Å². The van der Waals surface area contributed by atoms with Crippen LogP contribution in [0.25, 0.3) is 10.9 Å². The molecule has 8 nitrogen and oxygen atoms in total. The van der Waals surface area contributed by atoms with Gasteiger partial charge in [0, 0.05) is 16.0 Å². The molecule has 0 fully saturated rings. The van der Waals surface area contributed by atoms with Crippen LogP contribution in [0.3, 0.4) is 0 Å². The zero-order valence-corrected chi connectivity index (χ0v) is 22.4. The first-order valence-electron chi connectivity index (χ1n) is 11.0. The Labute approximate surface area is 222 Å². The number of esters is 1. The van der Waals surface area contributed by atoms with E-state index in [2.05, 4.69) is 41.9 Å². The molecule has 1 aliphatic heterocycles. The second-order valence-electron chi connectivity index (χ2n) is 8.27. The van der Waals surface area contributed by atoms with Crippen LogP contribution in [-0.2, 0) is 0 Å². The van der Waals surface area contributed by atoms with Crippen molar-refractivity contribution in [1.82, 2.24) is 9.66 Å². The quantitative estimate of drug-likeness (QED) is 0.159. The van der Waals surface area contributed by atoms with E-state index in [1.54, 1.807) is 48.5 Å². The minimum absolute atomic E-state index is 0.0583. The normalized spacial score (nSPS) is 12.6. The lowest BCUT2D eigenvalue weighted by Gasteiger charge is -2.13. The van der Waals surface area contributed by atoms with Gasteiger partial charge < -0.3 is 14.2 Å². The number of halogens is 2. The van der Waals surface area contributed by atoms with Gasteiger partial charge in [0.2, 0.25) is 6.79 Å². The second kappa shape index (κ2) is 9.87. The zero-order chi connectivity index (χ0) is 25.4. The Morgan fingerprint density at radius 2 is 1.89 bits per heavy atom. The van der Waals surface area contributed by atoms with E-state index in [0.29, 0.717) is 43.8 Å². The van der Waals surface area contributed by atoms with Gasteiger partial charge in [-0.25, -0.2) is 9.78 Å². The van der Waals surface area contributed by atoms with Crippen molar-refractivity contribution in [2.45, 2.75) is 19.8 Å². The Hall–Kier alpha value is -3.50. The number of hydrogen-bond acceptors (Lipinski definition) is 7. The Balaban J connectivity index is 1.54. The van der Waals surface area contributed by atoms with Crippen LogP contribution in [0.5, 0.6) is 17.2 Å². The molecule has 0 unspecified atom stereocenters. The molecule has 2 heterocycles. The van der Waals surface area contributed by atoms with Crippen molar-refractivity contribution in [3.8, 4) is 17.2 Å². The molecule has 10 heteroatoms. The summed E-state index contributed by atoms with van der Waals surface area (Å²) in [5, 5.41) is 4.93. The number of aromatic nitrogens is 2. The summed E-state index contributed by atoms with van der Waals surface area (Å²) in [5.74, 6) is 1.17. The molecule has 4 aromatic rings. The third-order valence-corrected chi connectivity index (χ3v) is 6.49. The van der Waals surface area contributed by atoms with Crippen LogP contribution in [0.2, 0.25) is 0 Å². The summed E-state index contributed by atoms with van der Waals surface area (Å²) in [6, 6.07) is 15.5. The van der Waals surface area contributed by atoms with E-state index in [9.17, 15) is 9.59 Å². The maximum absolute atomic E-state index is 13.2. The van der Waals surface area contributed by atoms with Crippen molar-refractivity contribution >= 4 is 54.9 Å². The number of carbonyl (C=O) groups is 1. The molecule has 0 radical (unpaired) electrons. The summed E-state index contributed by atoms with van der Waals surface area (Å²) < 4.78 is 18.9. The van der Waals surface area contributed by atoms with E-state index >= 15 is 0 Å². The highest BCUT2D eigenvalue weighted by Crippen LogP contribution is 2.35. The molecule has 0 amide bonds. The van der Waals surface area contributed by atoms with Crippen LogP contribution in [-0.4, -0.2) is 28.6 Å². The van der Waals surface area contributed by atoms with Crippen molar-refractivity contribution in [3.63, 3.8) is 0 Å². The van der Waals surface area contributed by atoms with E-state index in [1.165, 1.54) is 10.9 Å². The van der Waals surface area contributed by atoms with Crippen LogP contribution >= 0.6 is 31.9 Å². The van der Waals surface area contributed by atoms with Crippen molar-refractivity contribution in [2.75, 3.05) is 6.79 Å². The first kappa shape index (κ1) is 24.2. The molecule has 0 N–H and O–H groups in total. The second-order valence-corrected chi connectivity index (χ2v) is 10.0. The topological polar surface area (TPSA) is 92.0 Å². The molecule has 0 spiro atoms. The third kappa shape index (κ3) is 4.66. The zero-order valence-electron chi connectivity index (χ0n) is 19.2. The van der Waals surface area contributed by atoms with E-state index < -0.39 is 5.97 Å². The molecule has 0 saturated heterocycles. The Morgan fingerprint density at radius 3 is 2.69 bits per heavy atom. The van der Waals surface area contributed by atoms with Crippen molar-refractivity contribution in [2.24, 2.45) is 5.10 Å². The molecule has 36 heavy (non-hydrogen) atoms. The first-order valence-corrected chi connectivity index (χ1v) is 12.6. The van der Waals surface area contributed by atoms with Crippen LogP contribution in [0.4, 0.5) is 0 Å². The fourth-order valence-corrected chi connectivity index (χ4v) is 5.04. The molecule has 0 aliphatic carbocycles. The predicted octanol–water partition coefficient (Wildman–Crippen LogP) is 5.88. The summed E-state index contributed by atoms with van der Waals surface area (Å²) in [6.45, 7) is 3.99. The summed E-state index contributed by atoms with van der Waals surface area (Å²) in [4.78, 5) is 30.8. The highest BCUT2D eigenvalue weighted by Gasteiger charge is 2.20. The van der Waals surface area contributed by atoms with Gasteiger partial charge in [-0.3, -0.25) is 4.79 Å². The summed E-state index contributed by atoms with van der Waals surface area (Å²) in [6.07, 6.45) is 1.47. The molecule has 0 atom stereocenters. The van der Waals surface area contributed by atoms with E-state index in [1.807, 2.05) is 19.9 Å². The van der Waals surface area contributed by atoms with Crippen molar-refractivity contribution in [1.29, 1.82) is 0 Å². The maximum Gasteiger partial charge on any atom is 0.343 e. The van der Waals surface area contributed by atoms with Gasteiger partial charge in [0.05, 0.1) is 27.2 Å². The van der Waals surface area contributed by atoms with E-state index in [-0.39, 0.29) is 24.0 Å². The highest BCUT2D eigenvalue weighted by atomic mass is 79.9. The number of fused-ring (bicyclic) bond motifs is 2. The SMILES string of the molecule is CC(C)c1nc2ccccc2c(=O)n1N=Cc1cc(Br)cc(Br)c1OC(=O)c1ccc2c(c1)OCO2. The standard InChI is InChI=1S/C26H19Br2N3O5/c1-14(2)24-30-20-6-4-3-5-18(20)25(32)31(24)29-12-16-9-17(27)11-19(28)23(16)36-26(33)15-7-8-21-22(10-15)35-13-34-21/h3-12,14H,13H2,1-2H3. The monoisotopic (exact) mass is 611 g/mol. The lowest BCUT2D eigenvalue weighted by atomic mass is 10.2. The minimum Gasteiger partial charge on any atom is -0.454 e. The Morgan fingerprint density at radius 1 is 1.11 bits per heavy atom. The number of rotatable bonds is 5.